The van der Waals surface area contributed by atoms with Crippen LogP contribution in [0.5, 0.6) is 0 Å². The molecule has 1 aliphatic heterocycles. The van der Waals surface area contributed by atoms with Crippen molar-refractivity contribution in [3.63, 3.8) is 0 Å². The number of hydrogen-bond acceptors (Lipinski definition) is 2. The lowest BCUT2D eigenvalue weighted by Gasteiger charge is -2.18. The van der Waals surface area contributed by atoms with Crippen LogP contribution in [0.4, 0.5) is 4.39 Å². The van der Waals surface area contributed by atoms with Crippen molar-refractivity contribution in [3.8, 4) is 6.07 Å². The average molecular weight is 246 g/mol. The first-order valence-electron chi connectivity index (χ1n) is 6.14. The number of nitrogens with zero attached hydrogens (tertiary/aromatic N) is 2. The van der Waals surface area contributed by atoms with Crippen LogP contribution in [0.1, 0.15) is 18.4 Å². The fraction of sp³-hybridized carbons (Fsp3) is 0.429. The molecule has 1 aliphatic rings. The second-order valence-corrected chi connectivity index (χ2v) is 4.51. The molecule has 3 nitrogen and oxygen atoms in total. The maximum atomic E-state index is 13.5. The Morgan fingerprint density at radius 2 is 2.06 bits per heavy atom. The molecule has 1 saturated heterocycles. The van der Waals surface area contributed by atoms with E-state index in [-0.39, 0.29) is 18.1 Å². The highest BCUT2D eigenvalue weighted by Crippen LogP contribution is 2.17. The number of carbonyl (C=O) groups is 1. The van der Waals surface area contributed by atoms with Crippen molar-refractivity contribution in [1.29, 1.82) is 5.26 Å². The van der Waals surface area contributed by atoms with E-state index in [1.165, 1.54) is 6.07 Å². The van der Waals surface area contributed by atoms with E-state index >= 15 is 0 Å². The highest BCUT2D eigenvalue weighted by Gasteiger charge is 2.27. The Labute approximate surface area is 106 Å². The smallest absolute Gasteiger partial charge is 0.240 e. The number of likely N-dealkylation sites (tertiary alicyclic amines) is 1. The van der Waals surface area contributed by atoms with E-state index in [1.54, 1.807) is 23.1 Å². The molecular formula is C14H15FN2O. The molecule has 1 amide bonds. The van der Waals surface area contributed by atoms with Gasteiger partial charge in [0.2, 0.25) is 5.91 Å². The molecule has 1 unspecified atom stereocenters. The van der Waals surface area contributed by atoms with E-state index in [0.717, 1.165) is 12.8 Å². The van der Waals surface area contributed by atoms with Crippen molar-refractivity contribution >= 4 is 5.91 Å². The quantitative estimate of drug-likeness (QED) is 0.820. The minimum absolute atomic E-state index is 0.151. The van der Waals surface area contributed by atoms with Crippen LogP contribution in [0.25, 0.3) is 0 Å². The van der Waals surface area contributed by atoms with Crippen LogP contribution in [0.3, 0.4) is 0 Å². The molecule has 0 radical (unpaired) electrons. The Hall–Kier alpha value is -1.89. The van der Waals surface area contributed by atoms with E-state index in [2.05, 4.69) is 0 Å². The van der Waals surface area contributed by atoms with Crippen LogP contribution in [-0.2, 0) is 11.2 Å². The summed E-state index contributed by atoms with van der Waals surface area (Å²) >= 11 is 0. The van der Waals surface area contributed by atoms with Crippen molar-refractivity contribution in [2.45, 2.75) is 19.3 Å². The van der Waals surface area contributed by atoms with Crippen LogP contribution in [0.2, 0.25) is 0 Å². The fourth-order valence-electron chi connectivity index (χ4n) is 2.23. The third-order valence-electron chi connectivity index (χ3n) is 3.25. The van der Waals surface area contributed by atoms with Crippen molar-refractivity contribution < 1.29 is 9.18 Å². The Bertz CT molecular complexity index is 475. The summed E-state index contributed by atoms with van der Waals surface area (Å²) < 4.78 is 13.5. The van der Waals surface area contributed by atoms with Crippen molar-refractivity contribution in [2.75, 3.05) is 13.1 Å². The Morgan fingerprint density at radius 1 is 1.39 bits per heavy atom. The Balaban J connectivity index is 2.08. The van der Waals surface area contributed by atoms with E-state index in [1.807, 2.05) is 6.07 Å². The summed E-state index contributed by atoms with van der Waals surface area (Å²) in [7, 11) is 0. The molecule has 4 heteroatoms. The number of benzene rings is 1. The van der Waals surface area contributed by atoms with Gasteiger partial charge in [-0.15, -0.1) is 0 Å². The van der Waals surface area contributed by atoms with Crippen molar-refractivity contribution in [2.24, 2.45) is 5.92 Å². The van der Waals surface area contributed by atoms with Gasteiger partial charge in [-0.2, -0.15) is 5.26 Å². The molecule has 1 aromatic carbocycles. The summed E-state index contributed by atoms with van der Waals surface area (Å²) in [5.41, 5.74) is 0.427. The first-order chi connectivity index (χ1) is 8.72. The van der Waals surface area contributed by atoms with Crippen LogP contribution in [0, 0.1) is 23.1 Å². The molecule has 18 heavy (non-hydrogen) atoms. The molecule has 1 atom stereocenters. The lowest BCUT2D eigenvalue weighted by Crippen LogP contribution is -2.34. The second-order valence-electron chi connectivity index (χ2n) is 4.51. The van der Waals surface area contributed by atoms with Crippen LogP contribution >= 0.6 is 0 Å². The van der Waals surface area contributed by atoms with Gasteiger partial charge in [0, 0.05) is 19.5 Å². The molecule has 1 fully saturated rings. The second kappa shape index (κ2) is 5.63. The highest BCUT2D eigenvalue weighted by atomic mass is 19.1. The molecular weight excluding hydrogens is 231 g/mol. The monoisotopic (exact) mass is 246 g/mol. The summed E-state index contributed by atoms with van der Waals surface area (Å²) in [6.07, 6.45) is 2.13. The van der Waals surface area contributed by atoms with E-state index in [4.69, 9.17) is 5.26 Å². The zero-order valence-electron chi connectivity index (χ0n) is 10.1. The largest absolute Gasteiger partial charge is 0.342 e. The number of carbonyl (C=O) groups excluding carboxylic acids is 1. The molecule has 94 valence electrons. The number of amides is 1. The van der Waals surface area contributed by atoms with Gasteiger partial charge in [0.15, 0.2) is 0 Å². The molecule has 0 aliphatic carbocycles. The zero-order valence-corrected chi connectivity index (χ0v) is 10.1. The van der Waals surface area contributed by atoms with Crippen LogP contribution in [0.15, 0.2) is 24.3 Å². The van der Waals surface area contributed by atoms with Crippen molar-refractivity contribution in [3.05, 3.63) is 35.6 Å². The maximum Gasteiger partial charge on any atom is 0.240 e. The zero-order chi connectivity index (χ0) is 13.0. The predicted octanol–water partition coefficient (Wildman–Crippen LogP) is 2.13. The average Bonchev–Trinajstić information content (AvgIpc) is 2.91. The highest BCUT2D eigenvalue weighted by molar-refractivity contribution is 5.81. The molecule has 1 heterocycles. The third kappa shape index (κ3) is 2.67. The first kappa shape index (κ1) is 12.6. The number of hydrogen-bond donors (Lipinski definition) is 0. The normalized spacial score (nSPS) is 16.3. The molecule has 0 N–H and O–H groups in total. The van der Waals surface area contributed by atoms with Gasteiger partial charge in [-0.3, -0.25) is 4.79 Å². The molecule has 1 aromatic rings. The SMILES string of the molecule is N#CC(Cc1ccccc1F)C(=O)N1CCCC1. The summed E-state index contributed by atoms with van der Waals surface area (Å²) in [5, 5.41) is 9.09. The van der Waals surface area contributed by atoms with Crippen molar-refractivity contribution in [1.82, 2.24) is 4.90 Å². The standard InChI is InChI=1S/C14H15FN2O/c15-13-6-2-1-5-11(13)9-12(10-16)14(18)17-7-3-4-8-17/h1-2,5-6,12H,3-4,7-9H2. The van der Waals surface area contributed by atoms with Gasteiger partial charge in [0.25, 0.3) is 0 Å². The molecule has 0 bridgehead atoms. The lowest BCUT2D eigenvalue weighted by atomic mass is 9.99. The van der Waals surface area contributed by atoms with Crippen LogP contribution in [-0.4, -0.2) is 23.9 Å². The number of rotatable bonds is 3. The van der Waals surface area contributed by atoms with Gasteiger partial charge in [-0.25, -0.2) is 4.39 Å². The Morgan fingerprint density at radius 3 is 2.67 bits per heavy atom. The molecule has 0 aromatic heterocycles. The van der Waals surface area contributed by atoms with Gasteiger partial charge in [-0.05, 0) is 24.5 Å². The summed E-state index contributed by atoms with van der Waals surface area (Å²) in [6, 6.07) is 8.28. The summed E-state index contributed by atoms with van der Waals surface area (Å²) in [5.74, 6) is -1.30. The number of halogens is 1. The minimum atomic E-state index is -0.778. The topological polar surface area (TPSA) is 44.1 Å². The summed E-state index contributed by atoms with van der Waals surface area (Å²) in [4.78, 5) is 13.8. The minimum Gasteiger partial charge on any atom is -0.342 e. The van der Waals surface area contributed by atoms with Gasteiger partial charge in [-0.1, -0.05) is 18.2 Å². The van der Waals surface area contributed by atoms with E-state index < -0.39 is 5.92 Å². The number of nitriles is 1. The predicted molar refractivity (Wildman–Crippen MR) is 65.0 cm³/mol. The maximum absolute atomic E-state index is 13.5. The van der Waals surface area contributed by atoms with Gasteiger partial charge < -0.3 is 4.90 Å². The van der Waals surface area contributed by atoms with Gasteiger partial charge in [0.1, 0.15) is 11.7 Å². The lowest BCUT2D eigenvalue weighted by molar-refractivity contribution is -0.132. The summed E-state index contributed by atoms with van der Waals surface area (Å²) in [6.45, 7) is 1.43. The van der Waals surface area contributed by atoms with Gasteiger partial charge >= 0.3 is 0 Å². The fourth-order valence-corrected chi connectivity index (χ4v) is 2.23. The Kier molecular flexibility index (Phi) is 3.93. The third-order valence-corrected chi connectivity index (χ3v) is 3.25. The van der Waals surface area contributed by atoms with E-state index in [0.29, 0.717) is 18.7 Å². The molecule has 0 saturated carbocycles. The van der Waals surface area contributed by atoms with Gasteiger partial charge in [0.05, 0.1) is 6.07 Å². The van der Waals surface area contributed by atoms with Crippen LogP contribution < -0.4 is 0 Å². The molecule has 2 rings (SSSR count). The first-order valence-corrected chi connectivity index (χ1v) is 6.14. The molecule has 0 spiro atoms. The van der Waals surface area contributed by atoms with E-state index in [9.17, 15) is 9.18 Å².